The summed E-state index contributed by atoms with van der Waals surface area (Å²) in [6.07, 6.45) is 0.0206. The van der Waals surface area contributed by atoms with E-state index in [2.05, 4.69) is 10.3 Å². The Morgan fingerprint density at radius 1 is 1.15 bits per heavy atom. The molecule has 1 aromatic heterocycles. The molecule has 138 valence electrons. The van der Waals surface area contributed by atoms with Gasteiger partial charge in [0.2, 0.25) is 0 Å². The smallest absolute Gasteiger partial charge is 0.312 e. The van der Waals surface area contributed by atoms with Gasteiger partial charge < -0.3 is 10.1 Å². The molecule has 0 aliphatic carbocycles. The van der Waals surface area contributed by atoms with Crippen LogP contribution in [0.4, 0.5) is 5.69 Å². The number of nitrogens with one attached hydrogen (secondary N) is 1. The Kier molecular flexibility index (Phi) is 6.21. The molecule has 0 aliphatic heterocycles. The lowest BCUT2D eigenvalue weighted by atomic mass is 10.2. The number of aromatic nitrogens is 1. The molecule has 0 aliphatic rings. The SMILES string of the molecule is Cc1c(Cl)cccc1NC(=O)COC(=O)Cc1csc(-c2ccccc2)n1. The van der Waals surface area contributed by atoms with Gasteiger partial charge in [-0.3, -0.25) is 9.59 Å². The van der Waals surface area contributed by atoms with E-state index in [1.165, 1.54) is 11.3 Å². The fourth-order valence-electron chi connectivity index (χ4n) is 2.38. The first-order valence-corrected chi connectivity index (χ1v) is 9.49. The van der Waals surface area contributed by atoms with E-state index in [0.29, 0.717) is 16.4 Å². The molecule has 0 unspecified atom stereocenters. The maximum absolute atomic E-state index is 12.0. The number of nitrogens with zero attached hydrogens (tertiary/aromatic N) is 1. The van der Waals surface area contributed by atoms with E-state index in [1.807, 2.05) is 35.7 Å². The highest BCUT2D eigenvalue weighted by Gasteiger charge is 2.13. The van der Waals surface area contributed by atoms with Crippen LogP contribution in [0, 0.1) is 6.92 Å². The fourth-order valence-corrected chi connectivity index (χ4v) is 3.38. The Bertz CT molecular complexity index is 957. The summed E-state index contributed by atoms with van der Waals surface area (Å²) in [7, 11) is 0. The predicted molar refractivity (Wildman–Crippen MR) is 107 cm³/mol. The molecule has 5 nitrogen and oxygen atoms in total. The van der Waals surface area contributed by atoms with Crippen molar-refractivity contribution in [1.82, 2.24) is 4.98 Å². The van der Waals surface area contributed by atoms with E-state index in [0.717, 1.165) is 16.1 Å². The van der Waals surface area contributed by atoms with Crippen molar-refractivity contribution in [2.24, 2.45) is 0 Å². The first-order valence-electron chi connectivity index (χ1n) is 8.23. The van der Waals surface area contributed by atoms with Crippen molar-refractivity contribution >= 4 is 40.5 Å². The second kappa shape index (κ2) is 8.79. The summed E-state index contributed by atoms with van der Waals surface area (Å²) >= 11 is 7.48. The zero-order chi connectivity index (χ0) is 19.2. The summed E-state index contributed by atoms with van der Waals surface area (Å²) in [4.78, 5) is 28.4. The summed E-state index contributed by atoms with van der Waals surface area (Å²) in [6, 6.07) is 14.9. The van der Waals surface area contributed by atoms with Gasteiger partial charge in [-0.25, -0.2) is 4.98 Å². The highest BCUT2D eigenvalue weighted by molar-refractivity contribution is 7.13. The van der Waals surface area contributed by atoms with Gasteiger partial charge in [0.1, 0.15) is 5.01 Å². The molecule has 7 heteroatoms. The number of thiazole rings is 1. The van der Waals surface area contributed by atoms with E-state index in [9.17, 15) is 9.59 Å². The molecule has 0 atom stereocenters. The van der Waals surface area contributed by atoms with Gasteiger partial charge in [-0.1, -0.05) is 48.0 Å². The summed E-state index contributed by atoms with van der Waals surface area (Å²) in [6.45, 7) is 1.44. The lowest BCUT2D eigenvalue weighted by molar-refractivity contribution is -0.146. The first kappa shape index (κ1) is 19.1. The summed E-state index contributed by atoms with van der Waals surface area (Å²) in [5.74, 6) is -0.921. The molecule has 0 bridgehead atoms. The number of rotatable bonds is 6. The predicted octanol–water partition coefficient (Wildman–Crippen LogP) is 4.50. The van der Waals surface area contributed by atoms with Crippen molar-refractivity contribution in [2.75, 3.05) is 11.9 Å². The molecular weight excluding hydrogens is 384 g/mol. The van der Waals surface area contributed by atoms with Crippen molar-refractivity contribution in [3.05, 3.63) is 70.2 Å². The number of hydrogen-bond donors (Lipinski definition) is 1. The van der Waals surface area contributed by atoms with E-state index in [1.54, 1.807) is 25.1 Å². The molecule has 27 heavy (non-hydrogen) atoms. The third-order valence-electron chi connectivity index (χ3n) is 3.80. The molecule has 0 radical (unpaired) electrons. The quantitative estimate of drug-likeness (QED) is 0.619. The van der Waals surface area contributed by atoms with Crippen LogP contribution in [-0.2, 0) is 20.7 Å². The molecule has 0 saturated heterocycles. The number of hydrogen-bond acceptors (Lipinski definition) is 5. The van der Waals surface area contributed by atoms with Crippen molar-refractivity contribution in [1.29, 1.82) is 0 Å². The molecule has 0 saturated carbocycles. The van der Waals surface area contributed by atoms with Crippen molar-refractivity contribution < 1.29 is 14.3 Å². The summed E-state index contributed by atoms with van der Waals surface area (Å²) in [5, 5.41) is 5.90. The van der Waals surface area contributed by atoms with E-state index in [4.69, 9.17) is 16.3 Å². The Balaban J connectivity index is 1.50. The summed E-state index contributed by atoms with van der Waals surface area (Å²) in [5.41, 5.74) is 2.97. The minimum Gasteiger partial charge on any atom is -0.455 e. The second-order valence-corrected chi connectivity index (χ2v) is 7.07. The molecule has 2 aromatic carbocycles. The summed E-state index contributed by atoms with van der Waals surface area (Å²) < 4.78 is 5.05. The van der Waals surface area contributed by atoms with Gasteiger partial charge in [0, 0.05) is 21.7 Å². The molecule has 3 aromatic rings. The van der Waals surface area contributed by atoms with Crippen LogP contribution in [0.3, 0.4) is 0 Å². The van der Waals surface area contributed by atoms with Crippen LogP contribution in [0.2, 0.25) is 5.02 Å². The van der Waals surface area contributed by atoms with Crippen LogP contribution in [-0.4, -0.2) is 23.5 Å². The average Bonchev–Trinajstić information content (AvgIpc) is 3.13. The van der Waals surface area contributed by atoms with E-state index < -0.39 is 11.9 Å². The van der Waals surface area contributed by atoms with Gasteiger partial charge in [-0.2, -0.15) is 0 Å². The van der Waals surface area contributed by atoms with Gasteiger partial charge in [0.05, 0.1) is 12.1 Å². The molecule has 1 N–H and O–H groups in total. The zero-order valence-electron chi connectivity index (χ0n) is 14.6. The maximum atomic E-state index is 12.0. The number of benzene rings is 2. The van der Waals surface area contributed by atoms with Gasteiger partial charge in [-0.05, 0) is 24.6 Å². The Morgan fingerprint density at radius 2 is 1.93 bits per heavy atom. The third-order valence-corrected chi connectivity index (χ3v) is 5.15. The third kappa shape index (κ3) is 5.15. The molecule has 1 amide bonds. The van der Waals surface area contributed by atoms with Crippen molar-refractivity contribution in [2.45, 2.75) is 13.3 Å². The highest BCUT2D eigenvalue weighted by atomic mass is 35.5. The number of carbonyl (C=O) groups is 2. The number of anilines is 1. The largest absolute Gasteiger partial charge is 0.455 e. The van der Waals surface area contributed by atoms with Crippen LogP contribution in [0.25, 0.3) is 10.6 Å². The number of amides is 1. The van der Waals surface area contributed by atoms with E-state index in [-0.39, 0.29) is 13.0 Å². The molecular formula is C20H17ClN2O3S. The number of halogens is 1. The van der Waals surface area contributed by atoms with Gasteiger partial charge in [-0.15, -0.1) is 11.3 Å². The molecule has 3 rings (SSSR count). The van der Waals surface area contributed by atoms with Crippen LogP contribution in [0.15, 0.2) is 53.9 Å². The van der Waals surface area contributed by atoms with Crippen LogP contribution >= 0.6 is 22.9 Å². The monoisotopic (exact) mass is 400 g/mol. The normalized spacial score (nSPS) is 10.4. The fraction of sp³-hybridized carbons (Fsp3) is 0.150. The lowest BCUT2D eigenvalue weighted by Gasteiger charge is -2.09. The second-order valence-electron chi connectivity index (χ2n) is 5.81. The molecule has 1 heterocycles. The van der Waals surface area contributed by atoms with Gasteiger partial charge >= 0.3 is 5.97 Å². The number of esters is 1. The zero-order valence-corrected chi connectivity index (χ0v) is 16.1. The van der Waals surface area contributed by atoms with Crippen molar-refractivity contribution in [3.8, 4) is 10.6 Å². The van der Waals surface area contributed by atoms with Crippen LogP contribution < -0.4 is 5.32 Å². The molecule has 0 fully saturated rings. The van der Waals surface area contributed by atoms with Crippen LogP contribution in [0.1, 0.15) is 11.3 Å². The minimum absolute atomic E-state index is 0.0206. The van der Waals surface area contributed by atoms with Gasteiger partial charge in [0.25, 0.3) is 5.91 Å². The highest BCUT2D eigenvalue weighted by Crippen LogP contribution is 2.24. The Labute approximate surface area is 166 Å². The van der Waals surface area contributed by atoms with E-state index >= 15 is 0 Å². The number of carbonyl (C=O) groups excluding carboxylic acids is 2. The lowest BCUT2D eigenvalue weighted by Crippen LogP contribution is -2.22. The minimum atomic E-state index is -0.502. The molecule has 0 spiro atoms. The average molecular weight is 401 g/mol. The number of ether oxygens (including phenoxy) is 1. The Hall–Kier alpha value is -2.70. The maximum Gasteiger partial charge on any atom is 0.312 e. The standard InChI is InChI=1S/C20H17ClN2O3S/c1-13-16(21)8-5-9-17(13)23-18(24)11-26-19(25)10-15-12-27-20(22-15)14-6-3-2-4-7-14/h2-9,12H,10-11H2,1H3,(H,23,24). The van der Waals surface area contributed by atoms with Crippen molar-refractivity contribution in [3.63, 3.8) is 0 Å². The topological polar surface area (TPSA) is 68.3 Å². The van der Waals surface area contributed by atoms with Crippen LogP contribution in [0.5, 0.6) is 0 Å². The Morgan fingerprint density at radius 3 is 2.70 bits per heavy atom. The van der Waals surface area contributed by atoms with Gasteiger partial charge in [0.15, 0.2) is 6.61 Å². The first-order chi connectivity index (χ1) is 13.0.